The number of ether oxygens (including phenoxy) is 1. The second-order valence-electron chi connectivity index (χ2n) is 6.64. The summed E-state index contributed by atoms with van der Waals surface area (Å²) in [5.74, 6) is -0.624. The number of nitrogens with one attached hydrogen (secondary N) is 1. The van der Waals surface area contributed by atoms with Gasteiger partial charge in [-0.3, -0.25) is 14.6 Å². The van der Waals surface area contributed by atoms with Crippen LogP contribution in [0.25, 0.3) is 10.9 Å². The lowest BCUT2D eigenvalue weighted by molar-refractivity contribution is -0.154. The van der Waals surface area contributed by atoms with Crippen LogP contribution in [-0.2, 0) is 20.7 Å². The molecule has 1 saturated carbocycles. The molecular formula is C20H24N2O3. The molecule has 1 aliphatic carbocycles. The number of fused-ring (bicyclic) bond motifs is 1. The van der Waals surface area contributed by atoms with Crippen LogP contribution in [-0.4, -0.2) is 29.0 Å². The van der Waals surface area contributed by atoms with Gasteiger partial charge in [-0.25, -0.2) is 0 Å². The standard InChI is InChI=1S/C20H24N2O3/c1-14(20(24)22-17-10-3-2-4-11-17)25-18(23)13-16-8-5-7-15-9-6-12-21-19(15)16/h5-9,12,14,17H,2-4,10-11,13H2,1H3,(H,22,24). The highest BCUT2D eigenvalue weighted by molar-refractivity contribution is 5.87. The number of aromatic nitrogens is 1. The molecule has 0 spiro atoms. The molecule has 1 N–H and O–H groups in total. The van der Waals surface area contributed by atoms with Crippen LogP contribution in [0.4, 0.5) is 0 Å². The fourth-order valence-corrected chi connectivity index (χ4v) is 3.32. The third kappa shape index (κ3) is 4.56. The summed E-state index contributed by atoms with van der Waals surface area (Å²) in [6, 6.07) is 9.75. The van der Waals surface area contributed by atoms with Crippen molar-refractivity contribution >= 4 is 22.8 Å². The van der Waals surface area contributed by atoms with E-state index in [1.807, 2.05) is 30.3 Å². The number of amides is 1. The number of hydrogen-bond acceptors (Lipinski definition) is 4. The lowest BCUT2D eigenvalue weighted by Gasteiger charge is -2.24. The minimum atomic E-state index is -0.780. The zero-order chi connectivity index (χ0) is 17.6. The zero-order valence-electron chi connectivity index (χ0n) is 14.5. The number of pyridine rings is 1. The lowest BCUT2D eigenvalue weighted by atomic mass is 9.95. The molecule has 1 heterocycles. The van der Waals surface area contributed by atoms with Gasteiger partial charge in [0, 0.05) is 17.6 Å². The normalized spacial score (nSPS) is 16.4. The van der Waals surface area contributed by atoms with Gasteiger partial charge in [0.15, 0.2) is 6.10 Å². The van der Waals surface area contributed by atoms with Crippen LogP contribution >= 0.6 is 0 Å². The maximum absolute atomic E-state index is 12.2. The molecule has 1 aromatic heterocycles. The Kier molecular flexibility index (Phi) is 5.64. The molecular weight excluding hydrogens is 316 g/mol. The van der Waals surface area contributed by atoms with E-state index in [-0.39, 0.29) is 18.4 Å². The third-order valence-electron chi connectivity index (χ3n) is 4.68. The Morgan fingerprint density at radius 1 is 1.20 bits per heavy atom. The zero-order valence-corrected chi connectivity index (χ0v) is 14.5. The second kappa shape index (κ2) is 8.10. The van der Waals surface area contributed by atoms with Gasteiger partial charge in [0.25, 0.3) is 5.91 Å². The lowest BCUT2D eigenvalue weighted by Crippen LogP contribution is -2.42. The molecule has 1 amide bonds. The first-order valence-corrected chi connectivity index (χ1v) is 8.96. The van der Waals surface area contributed by atoms with Gasteiger partial charge < -0.3 is 10.1 Å². The van der Waals surface area contributed by atoms with E-state index in [4.69, 9.17) is 4.74 Å². The molecule has 1 fully saturated rings. The highest BCUT2D eigenvalue weighted by Crippen LogP contribution is 2.18. The number of carbonyl (C=O) groups is 2. The maximum Gasteiger partial charge on any atom is 0.311 e. The molecule has 1 aromatic carbocycles. The van der Waals surface area contributed by atoms with E-state index in [1.165, 1.54) is 6.42 Å². The molecule has 1 aliphatic rings. The first-order valence-electron chi connectivity index (χ1n) is 8.96. The second-order valence-corrected chi connectivity index (χ2v) is 6.64. The van der Waals surface area contributed by atoms with Gasteiger partial charge >= 0.3 is 5.97 Å². The van der Waals surface area contributed by atoms with Crippen molar-refractivity contribution in [1.82, 2.24) is 10.3 Å². The van der Waals surface area contributed by atoms with Crippen molar-refractivity contribution in [3.63, 3.8) is 0 Å². The van der Waals surface area contributed by atoms with Crippen molar-refractivity contribution in [1.29, 1.82) is 0 Å². The minimum Gasteiger partial charge on any atom is -0.452 e. The largest absolute Gasteiger partial charge is 0.452 e. The average Bonchev–Trinajstić information content (AvgIpc) is 2.63. The van der Waals surface area contributed by atoms with Gasteiger partial charge in [0.2, 0.25) is 0 Å². The van der Waals surface area contributed by atoms with Gasteiger partial charge in [-0.1, -0.05) is 43.5 Å². The number of benzene rings is 1. The summed E-state index contributed by atoms with van der Waals surface area (Å²) in [5.41, 5.74) is 1.60. The maximum atomic E-state index is 12.2. The number of carbonyl (C=O) groups excluding carboxylic acids is 2. The van der Waals surface area contributed by atoms with Gasteiger partial charge in [-0.2, -0.15) is 0 Å². The first kappa shape index (κ1) is 17.4. The van der Waals surface area contributed by atoms with E-state index < -0.39 is 12.1 Å². The van der Waals surface area contributed by atoms with Crippen molar-refractivity contribution in [3.05, 3.63) is 42.1 Å². The molecule has 0 saturated heterocycles. The Hall–Kier alpha value is -2.43. The van der Waals surface area contributed by atoms with E-state index in [2.05, 4.69) is 10.3 Å². The smallest absolute Gasteiger partial charge is 0.311 e. The summed E-state index contributed by atoms with van der Waals surface area (Å²) < 4.78 is 5.33. The molecule has 5 nitrogen and oxygen atoms in total. The molecule has 25 heavy (non-hydrogen) atoms. The number of rotatable bonds is 5. The Bertz CT molecular complexity index is 748. The molecule has 3 rings (SSSR count). The van der Waals surface area contributed by atoms with E-state index in [0.29, 0.717) is 0 Å². The van der Waals surface area contributed by atoms with Crippen LogP contribution in [0.1, 0.15) is 44.6 Å². The van der Waals surface area contributed by atoms with Gasteiger partial charge in [0.1, 0.15) is 0 Å². The van der Waals surface area contributed by atoms with Crippen molar-refractivity contribution in [2.75, 3.05) is 0 Å². The quantitative estimate of drug-likeness (QED) is 0.849. The molecule has 2 aromatic rings. The Morgan fingerprint density at radius 2 is 1.96 bits per heavy atom. The Labute approximate surface area is 147 Å². The third-order valence-corrected chi connectivity index (χ3v) is 4.68. The van der Waals surface area contributed by atoms with E-state index >= 15 is 0 Å². The highest BCUT2D eigenvalue weighted by atomic mass is 16.5. The van der Waals surface area contributed by atoms with Crippen LogP contribution in [0.2, 0.25) is 0 Å². The minimum absolute atomic E-state index is 0.107. The number of nitrogens with zero attached hydrogens (tertiary/aromatic N) is 1. The van der Waals surface area contributed by atoms with Crippen molar-refractivity contribution in [2.45, 2.75) is 57.6 Å². The SMILES string of the molecule is CC(OC(=O)Cc1cccc2cccnc12)C(=O)NC1CCCCC1. The van der Waals surface area contributed by atoms with Crippen LogP contribution in [0.3, 0.4) is 0 Å². The fourth-order valence-electron chi connectivity index (χ4n) is 3.32. The molecule has 1 atom stereocenters. The van der Waals surface area contributed by atoms with Crippen LogP contribution in [0.15, 0.2) is 36.5 Å². The van der Waals surface area contributed by atoms with Crippen LogP contribution < -0.4 is 5.32 Å². The molecule has 132 valence electrons. The monoisotopic (exact) mass is 340 g/mol. The van der Waals surface area contributed by atoms with Crippen molar-refractivity contribution < 1.29 is 14.3 Å². The van der Waals surface area contributed by atoms with Crippen molar-refractivity contribution in [3.8, 4) is 0 Å². The topological polar surface area (TPSA) is 68.3 Å². The van der Waals surface area contributed by atoms with E-state index in [0.717, 1.165) is 42.1 Å². The van der Waals surface area contributed by atoms with E-state index in [9.17, 15) is 9.59 Å². The summed E-state index contributed by atoms with van der Waals surface area (Å²) in [6.45, 7) is 1.62. The molecule has 0 aliphatic heterocycles. The van der Waals surface area contributed by atoms with Crippen molar-refractivity contribution in [2.24, 2.45) is 0 Å². The van der Waals surface area contributed by atoms with Gasteiger partial charge in [-0.05, 0) is 31.4 Å². The summed E-state index contributed by atoms with van der Waals surface area (Å²) in [7, 11) is 0. The average molecular weight is 340 g/mol. The van der Waals surface area contributed by atoms with Gasteiger partial charge in [-0.15, -0.1) is 0 Å². The number of para-hydroxylation sites is 1. The highest BCUT2D eigenvalue weighted by Gasteiger charge is 2.22. The van der Waals surface area contributed by atoms with E-state index in [1.54, 1.807) is 13.1 Å². The first-order chi connectivity index (χ1) is 12.1. The summed E-state index contributed by atoms with van der Waals surface area (Å²) in [5, 5.41) is 3.97. The number of esters is 1. The molecule has 0 radical (unpaired) electrons. The summed E-state index contributed by atoms with van der Waals surface area (Å²) in [6.07, 6.45) is 6.57. The Morgan fingerprint density at radius 3 is 2.76 bits per heavy atom. The predicted molar refractivity (Wildman–Crippen MR) is 96.0 cm³/mol. The van der Waals surface area contributed by atoms with Crippen LogP contribution in [0.5, 0.6) is 0 Å². The van der Waals surface area contributed by atoms with Crippen LogP contribution in [0, 0.1) is 0 Å². The Balaban J connectivity index is 1.56. The molecule has 0 bridgehead atoms. The van der Waals surface area contributed by atoms with Gasteiger partial charge in [0.05, 0.1) is 11.9 Å². The molecule has 5 heteroatoms. The predicted octanol–water partition coefficient (Wildman–Crippen LogP) is 3.16. The fraction of sp³-hybridized carbons (Fsp3) is 0.450. The summed E-state index contributed by atoms with van der Waals surface area (Å²) >= 11 is 0. The summed E-state index contributed by atoms with van der Waals surface area (Å²) in [4.78, 5) is 28.8. The number of hydrogen-bond donors (Lipinski definition) is 1. The molecule has 1 unspecified atom stereocenters.